The smallest absolute Gasteiger partial charge is 0.410 e. The van der Waals surface area contributed by atoms with E-state index in [1.807, 2.05) is 4.90 Å². The summed E-state index contributed by atoms with van der Waals surface area (Å²) in [6, 6.07) is 11.9. The van der Waals surface area contributed by atoms with Gasteiger partial charge in [0.1, 0.15) is 6.29 Å². The maximum atomic E-state index is 13.3. The Hall–Kier alpha value is -1.67. The van der Waals surface area contributed by atoms with E-state index in [1.165, 1.54) is 5.19 Å². The van der Waals surface area contributed by atoms with Crippen LogP contribution in [0.1, 0.15) is 19.3 Å². The Morgan fingerprint density at radius 2 is 1.87 bits per heavy atom. The van der Waals surface area contributed by atoms with Gasteiger partial charge in [0.15, 0.2) is 0 Å². The minimum Gasteiger partial charge on any atom is -0.450 e. The average Bonchev–Trinajstić information content (AvgIpc) is 2.89. The van der Waals surface area contributed by atoms with Gasteiger partial charge in [-0.1, -0.05) is 80.4 Å². The van der Waals surface area contributed by atoms with Crippen LogP contribution in [0, 0.1) is 5.92 Å². The lowest BCUT2D eigenvalue weighted by atomic mass is 9.89. The van der Waals surface area contributed by atoms with E-state index in [0.717, 1.165) is 25.2 Å². The number of hydrogen-bond donors (Lipinski definition) is 0. The molecule has 3 rings (SSSR count). The first-order valence-corrected chi connectivity index (χ1v) is 18.1. The highest BCUT2D eigenvalue weighted by molar-refractivity contribution is 6.91. The summed E-state index contributed by atoms with van der Waals surface area (Å²) in [4.78, 5) is 26.4. The molecule has 1 saturated heterocycles. The zero-order valence-electron chi connectivity index (χ0n) is 19.1. The second-order valence-corrected chi connectivity index (χ2v) is 20.9. The Morgan fingerprint density at radius 1 is 1.17 bits per heavy atom. The van der Waals surface area contributed by atoms with E-state index in [0.29, 0.717) is 24.5 Å². The molecule has 1 aliphatic carbocycles. The Morgan fingerprint density at radius 3 is 2.50 bits per heavy atom. The Bertz CT molecular complexity index is 772. The number of carbonyl (C=O) groups excluding carboxylic acids is 2. The van der Waals surface area contributed by atoms with Gasteiger partial charge in [-0.25, -0.2) is 4.79 Å². The number of ether oxygens (including phenoxy) is 1. The quantitative estimate of drug-likeness (QED) is 0.321. The number of rotatable bonds is 8. The molecule has 0 N–H and O–H groups in total. The molecule has 2 bridgehead atoms. The van der Waals surface area contributed by atoms with Crippen LogP contribution in [0.2, 0.25) is 44.3 Å². The van der Waals surface area contributed by atoms with E-state index in [-0.39, 0.29) is 18.2 Å². The van der Waals surface area contributed by atoms with Crippen molar-refractivity contribution in [2.75, 3.05) is 6.61 Å². The lowest BCUT2D eigenvalue weighted by molar-refractivity contribution is -0.108. The van der Waals surface area contributed by atoms with Crippen LogP contribution in [0.5, 0.6) is 0 Å². The second kappa shape index (κ2) is 9.22. The summed E-state index contributed by atoms with van der Waals surface area (Å²) < 4.78 is 5.80. The fourth-order valence-corrected chi connectivity index (χ4v) is 10.1. The first-order chi connectivity index (χ1) is 14.2. The van der Waals surface area contributed by atoms with Crippen LogP contribution in [0.25, 0.3) is 0 Å². The number of amides is 1. The Balaban J connectivity index is 1.88. The lowest BCUT2D eigenvalue weighted by Crippen LogP contribution is -2.52. The van der Waals surface area contributed by atoms with Crippen LogP contribution in [-0.2, 0) is 9.53 Å². The Kier molecular flexibility index (Phi) is 7.07. The van der Waals surface area contributed by atoms with Crippen LogP contribution in [0.15, 0.2) is 42.5 Å². The van der Waals surface area contributed by atoms with Crippen molar-refractivity contribution in [3.05, 3.63) is 42.5 Å². The second-order valence-electron chi connectivity index (χ2n) is 10.6. The van der Waals surface area contributed by atoms with Gasteiger partial charge in [-0.05, 0) is 30.3 Å². The molecule has 2 aliphatic rings. The third-order valence-corrected chi connectivity index (χ3v) is 12.9. The number of nitrogens with zero attached hydrogens (tertiary/aromatic N) is 1. The zero-order valence-corrected chi connectivity index (χ0v) is 21.1. The summed E-state index contributed by atoms with van der Waals surface area (Å²) in [7, 11) is -3.12. The molecule has 1 amide bonds. The molecule has 0 radical (unpaired) electrons. The van der Waals surface area contributed by atoms with Crippen molar-refractivity contribution in [3.63, 3.8) is 0 Å². The van der Waals surface area contributed by atoms with Crippen molar-refractivity contribution in [1.29, 1.82) is 0 Å². The highest BCUT2D eigenvalue weighted by Gasteiger charge is 2.56. The molecule has 4 nitrogen and oxygen atoms in total. The maximum Gasteiger partial charge on any atom is 0.410 e. The summed E-state index contributed by atoms with van der Waals surface area (Å²) in [6.45, 7) is 12.2. The summed E-state index contributed by atoms with van der Waals surface area (Å²) in [5.41, 5.74) is 0.436. The van der Waals surface area contributed by atoms with Gasteiger partial charge in [-0.2, -0.15) is 0 Å². The van der Waals surface area contributed by atoms with Crippen molar-refractivity contribution in [2.24, 2.45) is 5.92 Å². The number of fused-ring (bicyclic) bond motifs is 2. The highest BCUT2D eigenvalue weighted by Crippen LogP contribution is 2.51. The van der Waals surface area contributed by atoms with Crippen molar-refractivity contribution in [2.45, 2.75) is 75.7 Å². The molecule has 1 aromatic rings. The van der Waals surface area contributed by atoms with Gasteiger partial charge in [-0.15, -0.1) is 0 Å². The summed E-state index contributed by atoms with van der Waals surface area (Å²) >= 11 is 0. The SMILES string of the molecule is C[Si](C)(C)CCOC(=O)N1[C@@H]2C=CC[C@@H]([C@H]2[Si](C)(C)c2ccccc2)[C@H]1CCC=O. The summed E-state index contributed by atoms with van der Waals surface area (Å²) in [5.74, 6) is 0.395. The molecule has 0 aromatic heterocycles. The predicted molar refractivity (Wildman–Crippen MR) is 129 cm³/mol. The van der Waals surface area contributed by atoms with Crippen molar-refractivity contribution in [1.82, 2.24) is 4.90 Å². The molecule has 1 heterocycles. The van der Waals surface area contributed by atoms with Crippen molar-refractivity contribution < 1.29 is 14.3 Å². The van der Waals surface area contributed by atoms with Crippen LogP contribution >= 0.6 is 0 Å². The van der Waals surface area contributed by atoms with E-state index in [4.69, 9.17) is 4.74 Å². The van der Waals surface area contributed by atoms with Crippen molar-refractivity contribution in [3.8, 4) is 0 Å². The summed E-state index contributed by atoms with van der Waals surface area (Å²) in [6.07, 6.45) is 7.47. The number of aldehydes is 1. The monoisotopic (exact) mass is 443 g/mol. The van der Waals surface area contributed by atoms with Crippen LogP contribution in [-0.4, -0.2) is 52.1 Å². The molecule has 0 saturated carbocycles. The third-order valence-electron chi connectivity index (χ3n) is 6.96. The fourth-order valence-electron chi connectivity index (χ4n) is 5.37. The molecule has 1 aliphatic heterocycles. The third kappa shape index (κ3) is 4.80. The minimum absolute atomic E-state index is 0.0710. The van der Waals surface area contributed by atoms with Gasteiger partial charge >= 0.3 is 6.09 Å². The number of hydrogen-bond acceptors (Lipinski definition) is 3. The number of carbonyl (C=O) groups is 2. The highest BCUT2D eigenvalue weighted by atomic mass is 28.3. The summed E-state index contributed by atoms with van der Waals surface area (Å²) in [5, 5.41) is 1.43. The number of benzene rings is 1. The maximum absolute atomic E-state index is 13.3. The first kappa shape index (κ1) is 23.0. The Labute approximate surface area is 183 Å². The van der Waals surface area contributed by atoms with Gasteiger partial charge in [0.05, 0.1) is 20.7 Å². The molecule has 1 fully saturated rings. The van der Waals surface area contributed by atoms with E-state index in [1.54, 1.807) is 0 Å². The zero-order chi connectivity index (χ0) is 21.9. The standard InChI is InChI=1S/C24H37NO3Si2/c1-29(2,3)18-17-28-24(27)25-21(15-10-16-26)20-13-9-14-22(25)23(20)30(4,5)19-11-7-6-8-12-19/h6-9,11-12,14,16,20-23H,10,13,15,17-18H2,1-5H3/t20-,21-,22-,23-/m1/s1. The molecule has 1 aromatic carbocycles. The molecular formula is C24H37NO3Si2. The van der Waals surface area contributed by atoms with Gasteiger partial charge in [0.2, 0.25) is 0 Å². The van der Waals surface area contributed by atoms with Gasteiger partial charge in [0, 0.05) is 20.5 Å². The van der Waals surface area contributed by atoms with Gasteiger partial charge in [-0.3, -0.25) is 4.90 Å². The molecule has 6 heteroatoms. The lowest BCUT2D eigenvalue weighted by Gasteiger charge is -2.39. The molecule has 4 atom stereocenters. The minimum atomic E-state index is -1.85. The van der Waals surface area contributed by atoms with Crippen LogP contribution in [0.3, 0.4) is 0 Å². The van der Waals surface area contributed by atoms with Gasteiger partial charge < -0.3 is 9.53 Å². The largest absolute Gasteiger partial charge is 0.450 e. The molecular weight excluding hydrogens is 406 g/mol. The predicted octanol–water partition coefficient (Wildman–Crippen LogP) is 5.06. The van der Waals surface area contributed by atoms with Crippen LogP contribution < -0.4 is 5.19 Å². The normalized spacial score (nSPS) is 26.0. The van der Waals surface area contributed by atoms with Gasteiger partial charge in [0.25, 0.3) is 0 Å². The van der Waals surface area contributed by atoms with E-state index < -0.39 is 16.1 Å². The molecule has 164 valence electrons. The van der Waals surface area contributed by atoms with Crippen LogP contribution in [0.4, 0.5) is 4.79 Å². The fraction of sp³-hybridized carbons (Fsp3) is 0.583. The van der Waals surface area contributed by atoms with E-state index in [2.05, 4.69) is 75.2 Å². The molecule has 0 unspecified atom stereocenters. The average molecular weight is 444 g/mol. The van der Waals surface area contributed by atoms with E-state index in [9.17, 15) is 9.59 Å². The number of allylic oxidation sites excluding steroid dienone is 1. The number of likely N-dealkylation sites (tertiary alicyclic amines) is 1. The van der Waals surface area contributed by atoms with Crippen molar-refractivity contribution >= 4 is 33.7 Å². The molecule has 0 spiro atoms. The topological polar surface area (TPSA) is 46.6 Å². The van der Waals surface area contributed by atoms with E-state index >= 15 is 0 Å². The molecule has 30 heavy (non-hydrogen) atoms. The first-order valence-electron chi connectivity index (χ1n) is 11.3.